The molecule has 1 aromatic carbocycles. The van der Waals surface area contributed by atoms with Crippen LogP contribution in [0.1, 0.15) is 58.8 Å². The molecule has 1 fully saturated rings. The van der Waals surface area contributed by atoms with Gasteiger partial charge in [0, 0.05) is 20.8 Å². The van der Waals surface area contributed by atoms with Crippen LogP contribution in [-0.2, 0) is 19.1 Å². The number of rotatable bonds is 9. The van der Waals surface area contributed by atoms with Crippen LogP contribution in [0.2, 0.25) is 0 Å². The van der Waals surface area contributed by atoms with Gasteiger partial charge in [0.25, 0.3) is 0 Å². The van der Waals surface area contributed by atoms with Crippen molar-refractivity contribution in [3.63, 3.8) is 0 Å². The lowest BCUT2D eigenvalue weighted by Gasteiger charge is -2.37. The highest BCUT2D eigenvalue weighted by Gasteiger charge is 2.46. The number of carbonyl (C=O) groups is 2. The Morgan fingerprint density at radius 3 is 2.06 bits per heavy atom. The van der Waals surface area contributed by atoms with Crippen molar-refractivity contribution in [1.82, 2.24) is 0 Å². The fourth-order valence-corrected chi connectivity index (χ4v) is 5.70. The molecule has 0 aliphatic heterocycles. The van der Waals surface area contributed by atoms with E-state index in [1.165, 1.54) is 0 Å². The average molecular weight is 504 g/mol. The van der Waals surface area contributed by atoms with Crippen molar-refractivity contribution in [2.45, 2.75) is 68.4 Å². The number of allylic oxidation sites excluding steroid dienone is 4. The Labute approximate surface area is 211 Å². The van der Waals surface area contributed by atoms with E-state index in [2.05, 4.69) is 24.0 Å². The van der Waals surface area contributed by atoms with Gasteiger partial charge >= 0.3 is 0 Å². The standard InChI is InChI=1S/C19H27N3O4S.C4H8.C4H6/c1-27(25,19(18(21)24)11-3-2-4-12-19)16-9-7-15(8-10-16)26-13-5-6-17(23)22-14-20;2*1-3-4-2/h7-10,14H,1-6,11-13H2,(H2,21,24)(H2,20,22,23);3-4H,1-2H3;3-4H,1-2H2/b;4-3-;. The van der Waals surface area contributed by atoms with E-state index in [4.69, 9.17) is 16.2 Å². The first-order valence-electron chi connectivity index (χ1n) is 11.6. The molecule has 8 heteroatoms. The van der Waals surface area contributed by atoms with E-state index in [9.17, 15) is 13.8 Å². The summed E-state index contributed by atoms with van der Waals surface area (Å²) in [5.74, 6) is 3.68. The minimum absolute atomic E-state index is 0.250. The lowest BCUT2D eigenvalue weighted by molar-refractivity contribution is -0.121. The number of hydrogen-bond acceptors (Lipinski definition) is 4. The highest BCUT2D eigenvalue weighted by atomic mass is 32.2. The highest BCUT2D eigenvalue weighted by Crippen LogP contribution is 2.39. The molecule has 0 spiro atoms. The van der Waals surface area contributed by atoms with Crippen molar-refractivity contribution in [2.24, 2.45) is 16.5 Å². The summed E-state index contributed by atoms with van der Waals surface area (Å²) in [4.78, 5) is 27.4. The largest absolute Gasteiger partial charge is 0.494 e. The van der Waals surface area contributed by atoms with Crippen LogP contribution in [0.5, 0.6) is 5.75 Å². The van der Waals surface area contributed by atoms with Crippen LogP contribution in [0.3, 0.4) is 0 Å². The van der Waals surface area contributed by atoms with Gasteiger partial charge in [-0.2, -0.15) is 0 Å². The first kappa shape index (κ1) is 31.9. The summed E-state index contributed by atoms with van der Waals surface area (Å²) in [5, 5.41) is 0. The molecule has 0 saturated heterocycles. The Kier molecular flexibility index (Phi) is 15.8. The molecule has 0 radical (unpaired) electrons. The fourth-order valence-electron chi connectivity index (χ4n) is 3.40. The van der Waals surface area contributed by atoms with E-state index in [1.807, 2.05) is 26.0 Å². The number of benzene rings is 1. The van der Waals surface area contributed by atoms with Crippen LogP contribution in [-0.4, -0.2) is 39.6 Å². The van der Waals surface area contributed by atoms with Gasteiger partial charge in [0.2, 0.25) is 11.8 Å². The zero-order valence-corrected chi connectivity index (χ0v) is 21.9. The van der Waals surface area contributed by atoms with E-state index in [1.54, 1.807) is 36.4 Å². The van der Waals surface area contributed by atoms with Crippen molar-refractivity contribution < 1.29 is 18.5 Å². The van der Waals surface area contributed by atoms with Crippen LogP contribution < -0.4 is 16.2 Å². The molecule has 1 saturated carbocycles. The SMILES string of the molecule is C/C=C\C.C=CC=C.C=S(=O)(c1ccc(OCCCC(=O)N=CN)cc1)C1(C(N)=O)CCCCC1. The second-order valence-electron chi connectivity index (χ2n) is 7.83. The van der Waals surface area contributed by atoms with E-state index >= 15 is 0 Å². The van der Waals surface area contributed by atoms with E-state index in [0.29, 0.717) is 36.5 Å². The van der Waals surface area contributed by atoms with Crippen molar-refractivity contribution >= 4 is 33.5 Å². The normalized spacial score (nSPS) is 16.1. The molecule has 194 valence electrons. The van der Waals surface area contributed by atoms with Gasteiger partial charge in [0.15, 0.2) is 0 Å². The number of ether oxygens (including phenoxy) is 1. The van der Waals surface area contributed by atoms with Gasteiger partial charge in [0.1, 0.15) is 10.5 Å². The number of hydrogen-bond donors (Lipinski definition) is 2. The molecular formula is C27H41N3O4S. The van der Waals surface area contributed by atoms with Gasteiger partial charge in [0.05, 0.1) is 12.9 Å². The van der Waals surface area contributed by atoms with E-state index < -0.39 is 20.2 Å². The Morgan fingerprint density at radius 1 is 1.09 bits per heavy atom. The summed E-state index contributed by atoms with van der Waals surface area (Å²) in [6, 6.07) is 6.73. The summed E-state index contributed by atoms with van der Waals surface area (Å²) in [6.07, 6.45) is 12.7. The zero-order valence-electron chi connectivity index (χ0n) is 21.1. The third-order valence-electron chi connectivity index (χ3n) is 5.47. The number of aliphatic imine (C=N–C) groups is 1. The molecule has 1 unspecified atom stereocenters. The van der Waals surface area contributed by atoms with Crippen molar-refractivity contribution in [1.29, 1.82) is 0 Å². The lowest BCUT2D eigenvalue weighted by atomic mass is 9.88. The second-order valence-corrected chi connectivity index (χ2v) is 10.4. The maximum atomic E-state index is 13.5. The van der Waals surface area contributed by atoms with Gasteiger partial charge < -0.3 is 16.2 Å². The maximum absolute atomic E-state index is 13.5. The molecule has 1 aromatic rings. The van der Waals surface area contributed by atoms with Crippen molar-refractivity contribution in [3.05, 3.63) is 61.7 Å². The first-order chi connectivity index (χ1) is 16.7. The summed E-state index contributed by atoms with van der Waals surface area (Å²) >= 11 is 0. The summed E-state index contributed by atoms with van der Waals surface area (Å²) < 4.78 is 18.0. The number of primary amides is 1. The second kappa shape index (κ2) is 17.3. The Morgan fingerprint density at radius 2 is 1.63 bits per heavy atom. The van der Waals surface area contributed by atoms with Gasteiger partial charge in [-0.1, -0.05) is 56.7 Å². The van der Waals surface area contributed by atoms with Gasteiger partial charge in [-0.3, -0.25) is 13.8 Å². The van der Waals surface area contributed by atoms with E-state index in [0.717, 1.165) is 25.6 Å². The van der Waals surface area contributed by atoms with Crippen LogP contribution in [0.25, 0.3) is 0 Å². The van der Waals surface area contributed by atoms with E-state index in [-0.39, 0.29) is 12.3 Å². The molecule has 4 N–H and O–H groups in total. The summed E-state index contributed by atoms with van der Waals surface area (Å²) in [5.41, 5.74) is 10.7. The monoisotopic (exact) mass is 503 g/mol. The topological polar surface area (TPSA) is 125 Å². The van der Waals surface area contributed by atoms with Crippen LogP contribution in [0.4, 0.5) is 0 Å². The third kappa shape index (κ3) is 10.3. The molecule has 1 aliphatic rings. The zero-order chi connectivity index (χ0) is 26.7. The van der Waals surface area contributed by atoms with Gasteiger partial charge in [-0.05, 0) is 63.2 Å². The molecule has 0 bridgehead atoms. The third-order valence-corrected chi connectivity index (χ3v) is 8.37. The van der Waals surface area contributed by atoms with Crippen molar-refractivity contribution in [3.8, 4) is 5.75 Å². The highest BCUT2D eigenvalue weighted by molar-refractivity contribution is 8.02. The molecule has 0 aromatic heterocycles. The molecule has 35 heavy (non-hydrogen) atoms. The smallest absolute Gasteiger partial charge is 0.247 e. The minimum Gasteiger partial charge on any atom is -0.494 e. The molecule has 0 heterocycles. The average Bonchev–Trinajstić information content (AvgIpc) is 2.87. The van der Waals surface area contributed by atoms with Gasteiger partial charge in [-0.25, -0.2) is 4.99 Å². The van der Waals surface area contributed by atoms with Crippen molar-refractivity contribution in [2.75, 3.05) is 6.61 Å². The van der Waals surface area contributed by atoms with Crippen LogP contribution in [0, 0.1) is 0 Å². The van der Waals surface area contributed by atoms with Gasteiger partial charge in [-0.15, -0.1) is 0 Å². The number of carbonyl (C=O) groups excluding carboxylic acids is 2. The quantitative estimate of drug-likeness (QED) is 0.128. The number of amides is 2. The minimum atomic E-state index is -2.88. The fraction of sp³-hybridized carbons (Fsp3) is 0.407. The molecular weight excluding hydrogens is 462 g/mol. The Balaban J connectivity index is 0.00000126. The van der Waals surface area contributed by atoms with Crippen LogP contribution >= 0.6 is 0 Å². The molecule has 7 nitrogen and oxygen atoms in total. The Bertz CT molecular complexity index is 949. The van der Waals surface area contributed by atoms with Crippen LogP contribution in [0.15, 0.2) is 71.6 Å². The number of nitrogens with zero attached hydrogens (tertiary/aromatic N) is 1. The molecule has 1 atom stereocenters. The first-order valence-corrected chi connectivity index (χ1v) is 13.4. The predicted octanol–water partition coefficient (Wildman–Crippen LogP) is 4.56. The molecule has 2 amide bonds. The lowest BCUT2D eigenvalue weighted by Crippen LogP contribution is -2.51. The maximum Gasteiger partial charge on any atom is 0.247 e. The predicted molar refractivity (Wildman–Crippen MR) is 148 cm³/mol. The molecule has 1 aliphatic carbocycles. The summed E-state index contributed by atoms with van der Waals surface area (Å²) in [7, 11) is -2.88. The number of nitrogens with two attached hydrogens (primary N) is 2. The summed E-state index contributed by atoms with van der Waals surface area (Å²) in [6.45, 7) is 11.1. The molecule has 2 rings (SSSR count). The Hall–Kier alpha value is -3.13.